The van der Waals surface area contributed by atoms with E-state index in [9.17, 15) is 0 Å². The first-order valence-corrected chi connectivity index (χ1v) is 8.58. The smallest absolute Gasteiger partial charge is 0.0416 e. The second kappa shape index (κ2) is 6.89. The zero-order chi connectivity index (χ0) is 14.5. The molecule has 3 rings (SSSR count). The van der Waals surface area contributed by atoms with Crippen LogP contribution in [0.25, 0.3) is 0 Å². The number of nitrogens with zero attached hydrogens (tertiary/aromatic N) is 2. The summed E-state index contributed by atoms with van der Waals surface area (Å²) in [7, 11) is 2.28. The first kappa shape index (κ1) is 15.0. The van der Waals surface area contributed by atoms with Crippen LogP contribution in [0.4, 0.5) is 0 Å². The molecule has 0 atom stereocenters. The summed E-state index contributed by atoms with van der Waals surface area (Å²) in [5.74, 6) is 0. The Balaban J connectivity index is 1.47. The molecule has 1 aromatic rings. The van der Waals surface area contributed by atoms with Crippen LogP contribution in [0.15, 0.2) is 24.4 Å². The molecule has 1 aromatic heterocycles. The highest BCUT2D eigenvalue weighted by atomic mass is 15.1. The normalized spacial score (nSPS) is 21.0. The van der Waals surface area contributed by atoms with Gasteiger partial charge in [0.25, 0.3) is 0 Å². The number of likely N-dealkylation sites (N-methyl/N-ethyl adjacent to an activating group) is 1. The standard InChI is InChI=1S/C18H29N3/c1-21(13-9-16-6-2-5-12-19-16)15-18(10-3-4-11-18)14-20-17-7-8-17/h2,5-6,12,17,20H,3-4,7-11,13-15H2,1H3. The van der Waals surface area contributed by atoms with Crippen LogP contribution in [-0.2, 0) is 6.42 Å². The van der Waals surface area contributed by atoms with Crippen LogP contribution in [0, 0.1) is 5.41 Å². The number of pyridine rings is 1. The topological polar surface area (TPSA) is 28.2 Å². The summed E-state index contributed by atoms with van der Waals surface area (Å²) >= 11 is 0. The van der Waals surface area contributed by atoms with Crippen molar-refractivity contribution in [1.82, 2.24) is 15.2 Å². The van der Waals surface area contributed by atoms with Crippen molar-refractivity contribution in [2.45, 2.75) is 51.0 Å². The molecule has 0 aromatic carbocycles. The molecule has 0 aliphatic heterocycles. The molecule has 1 N–H and O–H groups in total. The molecule has 2 aliphatic rings. The lowest BCUT2D eigenvalue weighted by Gasteiger charge is -2.34. The molecule has 0 spiro atoms. The monoisotopic (exact) mass is 287 g/mol. The Morgan fingerprint density at radius 3 is 2.76 bits per heavy atom. The number of nitrogens with one attached hydrogen (secondary N) is 1. The predicted molar refractivity (Wildman–Crippen MR) is 87.4 cm³/mol. The van der Waals surface area contributed by atoms with Crippen LogP contribution in [-0.4, -0.2) is 42.6 Å². The van der Waals surface area contributed by atoms with Crippen LogP contribution in [0.3, 0.4) is 0 Å². The fraction of sp³-hybridized carbons (Fsp3) is 0.722. The molecule has 1 heterocycles. The van der Waals surface area contributed by atoms with Crippen molar-refractivity contribution in [3.63, 3.8) is 0 Å². The molecule has 2 saturated carbocycles. The number of hydrogen-bond acceptors (Lipinski definition) is 3. The van der Waals surface area contributed by atoms with E-state index in [1.807, 2.05) is 12.3 Å². The Bertz CT molecular complexity index is 421. The van der Waals surface area contributed by atoms with E-state index in [0.29, 0.717) is 5.41 Å². The van der Waals surface area contributed by atoms with E-state index in [4.69, 9.17) is 0 Å². The van der Waals surface area contributed by atoms with Crippen molar-refractivity contribution in [3.8, 4) is 0 Å². The zero-order valence-corrected chi connectivity index (χ0v) is 13.4. The third kappa shape index (κ3) is 4.52. The fourth-order valence-electron chi connectivity index (χ4n) is 3.67. The summed E-state index contributed by atoms with van der Waals surface area (Å²) in [5, 5.41) is 3.78. The summed E-state index contributed by atoms with van der Waals surface area (Å²) in [5.41, 5.74) is 1.74. The largest absolute Gasteiger partial charge is 0.313 e. The predicted octanol–water partition coefficient (Wildman–Crippen LogP) is 2.87. The van der Waals surface area contributed by atoms with Gasteiger partial charge in [-0.2, -0.15) is 0 Å². The molecule has 0 unspecified atom stereocenters. The maximum absolute atomic E-state index is 4.43. The van der Waals surface area contributed by atoms with E-state index in [1.165, 1.54) is 57.3 Å². The lowest BCUT2D eigenvalue weighted by Crippen LogP contribution is -2.42. The minimum Gasteiger partial charge on any atom is -0.313 e. The van der Waals surface area contributed by atoms with Gasteiger partial charge >= 0.3 is 0 Å². The molecule has 3 heteroatoms. The zero-order valence-electron chi connectivity index (χ0n) is 13.4. The van der Waals surface area contributed by atoms with Gasteiger partial charge in [0, 0.05) is 44.0 Å². The molecule has 0 amide bonds. The first-order chi connectivity index (χ1) is 10.3. The van der Waals surface area contributed by atoms with Crippen molar-refractivity contribution in [2.75, 3.05) is 26.7 Å². The van der Waals surface area contributed by atoms with Crippen LogP contribution in [0.5, 0.6) is 0 Å². The van der Waals surface area contributed by atoms with Gasteiger partial charge in [-0.3, -0.25) is 4.98 Å². The van der Waals surface area contributed by atoms with Gasteiger partial charge in [0.1, 0.15) is 0 Å². The van der Waals surface area contributed by atoms with Crippen LogP contribution in [0.2, 0.25) is 0 Å². The molecule has 0 bridgehead atoms. The van der Waals surface area contributed by atoms with Gasteiger partial charge < -0.3 is 10.2 Å². The van der Waals surface area contributed by atoms with Gasteiger partial charge in [0.05, 0.1) is 0 Å². The third-order valence-electron chi connectivity index (χ3n) is 5.09. The van der Waals surface area contributed by atoms with Crippen LogP contribution >= 0.6 is 0 Å². The Morgan fingerprint density at radius 2 is 2.10 bits per heavy atom. The molecule has 0 saturated heterocycles. The fourth-order valence-corrected chi connectivity index (χ4v) is 3.67. The minimum atomic E-state index is 0.529. The van der Waals surface area contributed by atoms with Gasteiger partial charge in [-0.15, -0.1) is 0 Å². The van der Waals surface area contributed by atoms with E-state index < -0.39 is 0 Å². The molecule has 0 radical (unpaired) electrons. The Morgan fingerprint density at radius 1 is 1.29 bits per heavy atom. The van der Waals surface area contributed by atoms with Gasteiger partial charge in [-0.25, -0.2) is 0 Å². The summed E-state index contributed by atoms with van der Waals surface area (Å²) in [6.07, 6.45) is 11.4. The summed E-state index contributed by atoms with van der Waals surface area (Å²) in [6, 6.07) is 7.04. The number of rotatable bonds is 8. The molecular weight excluding hydrogens is 258 g/mol. The van der Waals surface area contributed by atoms with Gasteiger partial charge in [-0.1, -0.05) is 18.9 Å². The SMILES string of the molecule is CN(CCc1ccccn1)CC1(CNC2CC2)CCCC1. The van der Waals surface area contributed by atoms with Crippen molar-refractivity contribution < 1.29 is 0 Å². The quantitative estimate of drug-likeness (QED) is 0.797. The highest BCUT2D eigenvalue weighted by molar-refractivity contribution is 5.04. The average Bonchev–Trinajstić information content (AvgIpc) is 3.24. The van der Waals surface area contributed by atoms with E-state index >= 15 is 0 Å². The Labute approximate surface area is 129 Å². The first-order valence-electron chi connectivity index (χ1n) is 8.58. The van der Waals surface area contributed by atoms with Crippen molar-refractivity contribution in [3.05, 3.63) is 30.1 Å². The maximum atomic E-state index is 4.43. The lowest BCUT2D eigenvalue weighted by atomic mass is 9.85. The number of aromatic nitrogens is 1. The van der Waals surface area contributed by atoms with Gasteiger partial charge in [0.2, 0.25) is 0 Å². The second-order valence-electron chi connectivity index (χ2n) is 7.17. The molecule has 116 valence electrons. The van der Waals surface area contributed by atoms with Crippen LogP contribution in [0.1, 0.15) is 44.2 Å². The molecule has 2 aliphatic carbocycles. The van der Waals surface area contributed by atoms with Crippen molar-refractivity contribution in [2.24, 2.45) is 5.41 Å². The molecular formula is C18H29N3. The van der Waals surface area contributed by atoms with Crippen molar-refractivity contribution >= 4 is 0 Å². The van der Waals surface area contributed by atoms with E-state index in [1.54, 1.807) is 0 Å². The average molecular weight is 287 g/mol. The van der Waals surface area contributed by atoms with E-state index in [2.05, 4.69) is 34.4 Å². The molecule has 21 heavy (non-hydrogen) atoms. The molecule has 3 nitrogen and oxygen atoms in total. The maximum Gasteiger partial charge on any atom is 0.0416 e. The summed E-state index contributed by atoms with van der Waals surface area (Å²) in [6.45, 7) is 3.58. The highest BCUT2D eigenvalue weighted by Crippen LogP contribution is 2.38. The third-order valence-corrected chi connectivity index (χ3v) is 5.09. The lowest BCUT2D eigenvalue weighted by molar-refractivity contribution is 0.173. The minimum absolute atomic E-state index is 0.529. The van der Waals surface area contributed by atoms with Gasteiger partial charge in [0.15, 0.2) is 0 Å². The highest BCUT2D eigenvalue weighted by Gasteiger charge is 2.36. The van der Waals surface area contributed by atoms with Crippen LogP contribution < -0.4 is 5.32 Å². The second-order valence-corrected chi connectivity index (χ2v) is 7.17. The van der Waals surface area contributed by atoms with E-state index in [-0.39, 0.29) is 0 Å². The molecule has 2 fully saturated rings. The van der Waals surface area contributed by atoms with E-state index in [0.717, 1.165) is 19.0 Å². The summed E-state index contributed by atoms with van der Waals surface area (Å²) < 4.78 is 0. The Hall–Kier alpha value is -0.930. The summed E-state index contributed by atoms with van der Waals surface area (Å²) in [4.78, 5) is 6.95. The van der Waals surface area contributed by atoms with Gasteiger partial charge in [-0.05, 0) is 50.3 Å². The number of hydrogen-bond donors (Lipinski definition) is 1. The Kier molecular flexibility index (Phi) is 4.91. The van der Waals surface area contributed by atoms with Crippen molar-refractivity contribution in [1.29, 1.82) is 0 Å².